The molecule has 0 saturated heterocycles. The Morgan fingerprint density at radius 2 is 1.45 bits per heavy atom. The molecule has 0 aliphatic rings. The van der Waals surface area contributed by atoms with E-state index in [0.717, 1.165) is 29.9 Å². The highest BCUT2D eigenvalue weighted by atomic mass is 16.7. The van der Waals surface area contributed by atoms with E-state index in [0.29, 0.717) is 29.6 Å². The first-order chi connectivity index (χ1) is 22.9. The van der Waals surface area contributed by atoms with Crippen molar-refractivity contribution in [3.8, 4) is 0 Å². The number of carbonyl (C=O) groups is 4. The lowest BCUT2D eigenvalue weighted by Crippen LogP contribution is -2.47. The molecule has 0 aliphatic carbocycles. The second-order valence-electron chi connectivity index (χ2n) is 14.7. The summed E-state index contributed by atoms with van der Waals surface area (Å²) in [6.45, 7) is 22.3. The molecule has 0 heterocycles. The number of nitrogens with one attached hydrogen (secondary N) is 3. The quantitative estimate of drug-likeness (QED) is 0.119. The van der Waals surface area contributed by atoms with Gasteiger partial charge in [0, 0.05) is 18.8 Å². The Labute approximate surface area is 292 Å². The van der Waals surface area contributed by atoms with Crippen LogP contribution in [0.2, 0.25) is 0 Å². The van der Waals surface area contributed by atoms with Gasteiger partial charge in [-0.2, -0.15) is 0 Å². The van der Waals surface area contributed by atoms with Gasteiger partial charge in [0.05, 0.1) is 17.8 Å². The SMILES string of the molecule is CCC(CC(=O)OCOC(=O)[C@H](NC(=O)OC(C)(C)C)C(C)C)c1ccc(N(CC(C)C)CC(C)C)c(NC(=O)Nc2ccc(C)cc2)c1. The molecule has 0 aromatic heterocycles. The van der Waals surface area contributed by atoms with Crippen molar-refractivity contribution in [3.63, 3.8) is 0 Å². The first-order valence-corrected chi connectivity index (χ1v) is 17.2. The second-order valence-corrected chi connectivity index (χ2v) is 14.7. The molecule has 3 amide bonds. The summed E-state index contributed by atoms with van der Waals surface area (Å²) < 4.78 is 15.7. The number of hydrogen-bond donors (Lipinski definition) is 3. The van der Waals surface area contributed by atoms with E-state index in [2.05, 4.69) is 48.5 Å². The number of ether oxygens (including phenoxy) is 3. The van der Waals surface area contributed by atoms with Gasteiger partial charge in [0.1, 0.15) is 11.6 Å². The molecule has 0 aliphatic heterocycles. The number of amides is 3. The number of aryl methyl sites for hydroxylation is 1. The van der Waals surface area contributed by atoms with Gasteiger partial charge in [-0.05, 0) is 87.6 Å². The lowest BCUT2D eigenvalue weighted by molar-refractivity contribution is -0.169. The van der Waals surface area contributed by atoms with Gasteiger partial charge in [0.2, 0.25) is 6.79 Å². The molecule has 2 rings (SSSR count). The summed E-state index contributed by atoms with van der Waals surface area (Å²) >= 11 is 0. The van der Waals surface area contributed by atoms with Gasteiger partial charge >= 0.3 is 24.1 Å². The smallest absolute Gasteiger partial charge is 0.408 e. The number of rotatable bonds is 16. The molecule has 2 aromatic carbocycles. The number of hydrogen-bond acceptors (Lipinski definition) is 8. The molecule has 0 saturated carbocycles. The summed E-state index contributed by atoms with van der Waals surface area (Å²) in [5, 5.41) is 8.50. The van der Waals surface area contributed by atoms with E-state index >= 15 is 0 Å². The van der Waals surface area contributed by atoms with Crippen LogP contribution in [-0.4, -0.2) is 55.6 Å². The first-order valence-electron chi connectivity index (χ1n) is 17.2. The third-order valence-electron chi connectivity index (χ3n) is 7.48. The highest BCUT2D eigenvalue weighted by molar-refractivity contribution is 6.02. The van der Waals surface area contributed by atoms with Gasteiger partial charge in [0.25, 0.3) is 0 Å². The molecule has 49 heavy (non-hydrogen) atoms. The van der Waals surface area contributed by atoms with Gasteiger partial charge in [-0.3, -0.25) is 4.79 Å². The van der Waals surface area contributed by atoms with E-state index in [1.54, 1.807) is 34.6 Å². The van der Waals surface area contributed by atoms with Crippen molar-refractivity contribution >= 4 is 41.1 Å². The van der Waals surface area contributed by atoms with Crippen LogP contribution in [-0.2, 0) is 23.8 Å². The van der Waals surface area contributed by atoms with Crippen molar-refractivity contribution in [2.45, 2.75) is 107 Å². The van der Waals surface area contributed by atoms with Crippen LogP contribution in [0.4, 0.5) is 26.7 Å². The summed E-state index contributed by atoms with van der Waals surface area (Å²) in [6, 6.07) is 12.1. The van der Waals surface area contributed by atoms with Crippen LogP contribution in [0.3, 0.4) is 0 Å². The zero-order valence-corrected chi connectivity index (χ0v) is 31.3. The minimum Gasteiger partial charge on any atom is -0.444 e. The lowest BCUT2D eigenvalue weighted by Gasteiger charge is -2.31. The normalized spacial score (nSPS) is 12.7. The Hall–Kier alpha value is -4.28. The monoisotopic (exact) mass is 682 g/mol. The van der Waals surface area contributed by atoms with Gasteiger partial charge in [-0.15, -0.1) is 0 Å². The molecular weight excluding hydrogens is 624 g/mol. The van der Waals surface area contributed by atoms with E-state index in [9.17, 15) is 19.2 Å². The lowest BCUT2D eigenvalue weighted by atomic mass is 9.92. The molecule has 0 spiro atoms. The number of esters is 2. The highest BCUT2D eigenvalue weighted by Crippen LogP contribution is 2.34. The molecule has 3 N–H and O–H groups in total. The maximum absolute atomic E-state index is 13.2. The number of carbonyl (C=O) groups excluding carboxylic acids is 4. The molecule has 0 bridgehead atoms. The highest BCUT2D eigenvalue weighted by Gasteiger charge is 2.29. The third kappa shape index (κ3) is 14.8. The molecule has 272 valence electrons. The van der Waals surface area contributed by atoms with Crippen molar-refractivity contribution in [3.05, 3.63) is 53.6 Å². The molecule has 2 aromatic rings. The summed E-state index contributed by atoms with van der Waals surface area (Å²) in [4.78, 5) is 53.4. The molecule has 11 heteroatoms. The van der Waals surface area contributed by atoms with E-state index < -0.39 is 36.5 Å². The summed E-state index contributed by atoms with van der Waals surface area (Å²) in [5.74, 6) is -1.01. The maximum atomic E-state index is 13.2. The van der Waals surface area contributed by atoms with Crippen LogP contribution in [0.15, 0.2) is 42.5 Å². The molecule has 11 nitrogen and oxygen atoms in total. The van der Waals surface area contributed by atoms with Gasteiger partial charge < -0.3 is 35.1 Å². The van der Waals surface area contributed by atoms with Crippen LogP contribution in [0.25, 0.3) is 0 Å². The average Bonchev–Trinajstić information content (AvgIpc) is 2.98. The summed E-state index contributed by atoms with van der Waals surface area (Å²) in [5.41, 5.74) is 3.44. The van der Waals surface area contributed by atoms with Crippen molar-refractivity contribution in [1.29, 1.82) is 0 Å². The number of alkyl carbamates (subject to hydrolysis) is 1. The van der Waals surface area contributed by atoms with Crippen LogP contribution in [0.5, 0.6) is 0 Å². The number of urea groups is 1. The molecule has 0 fully saturated rings. The van der Waals surface area contributed by atoms with Crippen molar-refractivity contribution in [2.75, 3.05) is 35.4 Å². The molecule has 0 radical (unpaired) electrons. The standard InChI is InChI=1S/C38H58N4O7/c1-12-28(20-33(43)47-23-48-35(44)34(26(6)7)41-37(46)49-38(9,10)11)29-15-18-32(42(21-24(2)3)22-25(4)5)31(19-29)40-36(45)39-30-16-13-27(8)14-17-30/h13-19,24-26,28,34H,12,20-23H2,1-11H3,(H,41,46)(H2,39,40,45)/t28?,34-/m1/s1. The Morgan fingerprint density at radius 1 is 0.837 bits per heavy atom. The van der Waals surface area contributed by atoms with E-state index in [4.69, 9.17) is 14.2 Å². The number of nitrogens with zero attached hydrogens (tertiary/aromatic N) is 1. The maximum Gasteiger partial charge on any atom is 0.408 e. The number of anilines is 3. The van der Waals surface area contributed by atoms with E-state index in [1.165, 1.54) is 0 Å². The Kier molecular flexibility index (Phi) is 15.9. The van der Waals surface area contributed by atoms with E-state index in [-0.39, 0.29) is 24.3 Å². The van der Waals surface area contributed by atoms with E-state index in [1.807, 2.05) is 56.3 Å². The predicted octanol–water partition coefficient (Wildman–Crippen LogP) is 8.23. The zero-order valence-electron chi connectivity index (χ0n) is 31.3. The minimum absolute atomic E-state index is 0.0356. The van der Waals surface area contributed by atoms with Crippen LogP contribution in [0, 0.1) is 24.7 Å². The van der Waals surface area contributed by atoms with Crippen LogP contribution in [0.1, 0.15) is 99.1 Å². The third-order valence-corrected chi connectivity index (χ3v) is 7.48. The largest absolute Gasteiger partial charge is 0.444 e. The van der Waals surface area contributed by atoms with Crippen molar-refractivity contribution in [1.82, 2.24) is 5.32 Å². The van der Waals surface area contributed by atoms with Gasteiger partial charge in [0.15, 0.2) is 0 Å². The Balaban J connectivity index is 2.20. The second kappa shape index (κ2) is 19.0. The summed E-state index contributed by atoms with van der Waals surface area (Å²) in [6.07, 6.45) is -0.0800. The number of benzene rings is 2. The fourth-order valence-electron chi connectivity index (χ4n) is 5.19. The van der Waals surface area contributed by atoms with Gasteiger partial charge in [-0.1, -0.05) is 72.2 Å². The van der Waals surface area contributed by atoms with Crippen molar-refractivity contribution in [2.24, 2.45) is 17.8 Å². The fraction of sp³-hybridized carbons (Fsp3) is 0.579. The van der Waals surface area contributed by atoms with Crippen LogP contribution < -0.4 is 20.9 Å². The fourth-order valence-corrected chi connectivity index (χ4v) is 5.19. The molecule has 1 unspecified atom stereocenters. The van der Waals surface area contributed by atoms with Crippen LogP contribution >= 0.6 is 0 Å². The molecule has 2 atom stereocenters. The summed E-state index contributed by atoms with van der Waals surface area (Å²) in [7, 11) is 0. The minimum atomic E-state index is -0.976. The first kappa shape index (κ1) is 40.9. The molecular formula is C38H58N4O7. The predicted molar refractivity (Wildman–Crippen MR) is 195 cm³/mol. The van der Waals surface area contributed by atoms with Crippen molar-refractivity contribution < 1.29 is 33.4 Å². The average molecular weight is 683 g/mol. The topological polar surface area (TPSA) is 135 Å². The zero-order chi connectivity index (χ0) is 36.9. The van der Waals surface area contributed by atoms with Gasteiger partial charge in [-0.25, -0.2) is 14.4 Å². The Bertz CT molecular complexity index is 1370. The Morgan fingerprint density at radius 3 is 1.98 bits per heavy atom.